The molecule has 0 spiro atoms. The van der Waals surface area contributed by atoms with E-state index >= 15 is 0 Å². The Kier molecular flexibility index (Phi) is 8.42. The first-order valence-corrected chi connectivity index (χ1v) is 12.6. The van der Waals surface area contributed by atoms with Crippen molar-refractivity contribution in [1.82, 2.24) is 9.97 Å². The maximum absolute atomic E-state index is 12.4. The zero-order chi connectivity index (χ0) is 23.3. The summed E-state index contributed by atoms with van der Waals surface area (Å²) in [7, 11) is 0. The number of halogens is 2. The van der Waals surface area contributed by atoms with Crippen LogP contribution in [0.2, 0.25) is 10.0 Å². The van der Waals surface area contributed by atoms with Gasteiger partial charge in [0.25, 0.3) is 5.91 Å². The molecule has 0 saturated heterocycles. The van der Waals surface area contributed by atoms with E-state index in [4.69, 9.17) is 23.2 Å². The van der Waals surface area contributed by atoms with Crippen molar-refractivity contribution in [2.24, 2.45) is 0 Å². The van der Waals surface area contributed by atoms with Gasteiger partial charge in [0, 0.05) is 23.2 Å². The van der Waals surface area contributed by atoms with E-state index in [-0.39, 0.29) is 12.3 Å². The van der Waals surface area contributed by atoms with Gasteiger partial charge in [-0.3, -0.25) is 9.59 Å². The predicted molar refractivity (Wildman–Crippen MR) is 131 cm³/mol. The molecule has 10 heteroatoms. The minimum atomic E-state index is -0.912. The molecule has 0 unspecified atom stereocenters. The number of amides is 1. The molecule has 0 bridgehead atoms. The molecule has 3 aromatic rings. The van der Waals surface area contributed by atoms with Crippen molar-refractivity contribution in [1.29, 1.82) is 0 Å². The van der Waals surface area contributed by atoms with Crippen LogP contribution < -0.4 is 5.32 Å². The highest BCUT2D eigenvalue weighted by Gasteiger charge is 2.17. The van der Waals surface area contributed by atoms with Gasteiger partial charge in [-0.1, -0.05) is 35.3 Å². The van der Waals surface area contributed by atoms with E-state index in [0.29, 0.717) is 49.2 Å². The average Bonchev–Trinajstić information content (AvgIpc) is 2.77. The molecule has 2 aromatic carbocycles. The number of anilines is 1. The lowest BCUT2D eigenvalue weighted by Crippen LogP contribution is -2.12. The summed E-state index contributed by atoms with van der Waals surface area (Å²) in [6, 6.07) is 12.1. The summed E-state index contributed by atoms with van der Waals surface area (Å²) in [4.78, 5) is 32.7. The number of aromatic nitrogens is 2. The Bertz CT molecular complexity index is 1130. The molecule has 0 aliphatic heterocycles. The Hall–Kier alpha value is -2.26. The van der Waals surface area contributed by atoms with Gasteiger partial charge >= 0.3 is 5.97 Å². The third kappa shape index (κ3) is 6.16. The summed E-state index contributed by atoms with van der Waals surface area (Å²) in [5.41, 5.74) is 2.65. The van der Waals surface area contributed by atoms with Gasteiger partial charge < -0.3 is 10.4 Å². The average molecular weight is 508 g/mol. The highest BCUT2D eigenvalue weighted by Crippen LogP contribution is 2.28. The number of nitrogens with one attached hydrogen (secondary N) is 1. The third-order valence-corrected chi connectivity index (χ3v) is 6.64. The molecule has 166 valence electrons. The van der Waals surface area contributed by atoms with Crippen LogP contribution in [0.3, 0.4) is 0 Å². The molecule has 0 saturated carbocycles. The number of rotatable bonds is 8. The first kappa shape index (κ1) is 24.4. The Morgan fingerprint density at radius 3 is 2.12 bits per heavy atom. The van der Waals surface area contributed by atoms with E-state index in [9.17, 15) is 14.7 Å². The van der Waals surface area contributed by atoms with Crippen LogP contribution in [0.5, 0.6) is 0 Å². The van der Waals surface area contributed by atoms with Gasteiger partial charge in [0.1, 0.15) is 15.9 Å². The number of aliphatic carboxylic acids is 1. The number of nitrogens with zero attached hydrogens (tertiary/aromatic N) is 2. The number of hydrogen-bond donors (Lipinski definition) is 2. The Balaban J connectivity index is 1.74. The number of carboxylic acid groups (broad SMARTS) is 1. The van der Waals surface area contributed by atoms with Crippen LogP contribution in [0.4, 0.5) is 5.69 Å². The molecular weight excluding hydrogens is 489 g/mol. The second-order valence-corrected chi connectivity index (χ2v) is 9.07. The molecule has 1 aromatic heterocycles. The molecule has 0 radical (unpaired) electrons. The molecule has 3 rings (SSSR count). The van der Waals surface area contributed by atoms with Gasteiger partial charge in [0.15, 0.2) is 0 Å². The smallest absolute Gasteiger partial charge is 0.308 e. The van der Waals surface area contributed by atoms with Crippen molar-refractivity contribution >= 4 is 64.3 Å². The highest BCUT2D eigenvalue weighted by molar-refractivity contribution is 7.99. The van der Waals surface area contributed by atoms with Gasteiger partial charge in [0.05, 0.1) is 16.5 Å². The number of benzene rings is 2. The number of thioether (sulfide) groups is 2. The molecule has 1 heterocycles. The Morgan fingerprint density at radius 2 is 1.59 bits per heavy atom. The standard InChI is InChI=1S/C22H19Cl2N3O3S2/c1-31-21-15(11-19(28)29)22(32-2)27-18(26-21)9-12-3-6-14(7-4-12)25-20(30)13-5-8-16(23)17(24)10-13/h3-8,10H,9,11H2,1-2H3,(H,25,30)(H,28,29). The van der Waals surface area contributed by atoms with Crippen LogP contribution in [0.25, 0.3) is 0 Å². The van der Waals surface area contributed by atoms with Crippen LogP contribution >= 0.6 is 46.7 Å². The van der Waals surface area contributed by atoms with E-state index in [1.165, 1.54) is 29.6 Å². The van der Waals surface area contributed by atoms with Gasteiger partial charge in [-0.15, -0.1) is 23.5 Å². The second-order valence-electron chi connectivity index (χ2n) is 6.66. The fourth-order valence-electron chi connectivity index (χ4n) is 2.93. The summed E-state index contributed by atoms with van der Waals surface area (Å²) in [6.07, 6.45) is 4.11. The Labute approximate surface area is 204 Å². The predicted octanol–water partition coefficient (Wildman–Crippen LogP) is 5.70. The molecule has 2 N–H and O–H groups in total. The van der Waals surface area contributed by atoms with Crippen LogP contribution in [-0.4, -0.2) is 39.5 Å². The lowest BCUT2D eigenvalue weighted by atomic mass is 10.1. The monoisotopic (exact) mass is 507 g/mol. The minimum absolute atomic E-state index is 0.111. The fourth-order valence-corrected chi connectivity index (χ4v) is 4.52. The number of carbonyl (C=O) groups is 2. The van der Waals surface area contributed by atoms with Crippen molar-refractivity contribution in [3.8, 4) is 0 Å². The van der Waals surface area contributed by atoms with Gasteiger partial charge in [0.2, 0.25) is 0 Å². The molecule has 0 fully saturated rings. The summed E-state index contributed by atoms with van der Waals surface area (Å²) in [5, 5.41) is 14.1. The largest absolute Gasteiger partial charge is 0.481 e. The SMILES string of the molecule is CSc1nc(Cc2ccc(NC(=O)c3ccc(Cl)c(Cl)c3)cc2)nc(SC)c1CC(=O)O. The molecule has 0 atom stereocenters. The minimum Gasteiger partial charge on any atom is -0.481 e. The molecular formula is C22H19Cl2N3O3S2. The van der Waals surface area contributed by atoms with Gasteiger partial charge in [-0.25, -0.2) is 9.97 Å². The Morgan fingerprint density at radius 1 is 0.969 bits per heavy atom. The molecule has 32 heavy (non-hydrogen) atoms. The second kappa shape index (κ2) is 11.0. The third-order valence-electron chi connectivity index (χ3n) is 4.45. The highest BCUT2D eigenvalue weighted by atomic mass is 35.5. The van der Waals surface area contributed by atoms with Crippen molar-refractivity contribution in [2.75, 3.05) is 17.8 Å². The summed E-state index contributed by atoms with van der Waals surface area (Å²) >= 11 is 14.7. The van der Waals surface area contributed by atoms with E-state index in [1.807, 2.05) is 24.6 Å². The molecule has 0 aliphatic rings. The van der Waals surface area contributed by atoms with Crippen LogP contribution in [0, 0.1) is 0 Å². The lowest BCUT2D eigenvalue weighted by molar-refractivity contribution is -0.136. The van der Waals surface area contributed by atoms with Crippen molar-refractivity contribution in [2.45, 2.75) is 22.9 Å². The maximum atomic E-state index is 12.4. The summed E-state index contributed by atoms with van der Waals surface area (Å²) < 4.78 is 0. The van der Waals surface area contributed by atoms with E-state index in [2.05, 4.69) is 15.3 Å². The number of carbonyl (C=O) groups excluding carboxylic acids is 1. The molecule has 0 aliphatic carbocycles. The molecule has 6 nitrogen and oxygen atoms in total. The topological polar surface area (TPSA) is 92.2 Å². The summed E-state index contributed by atoms with van der Waals surface area (Å²) in [5.74, 6) is -0.589. The van der Waals surface area contributed by atoms with Gasteiger partial charge in [-0.2, -0.15) is 0 Å². The zero-order valence-electron chi connectivity index (χ0n) is 17.2. The van der Waals surface area contributed by atoms with Crippen LogP contribution in [0.15, 0.2) is 52.5 Å². The van der Waals surface area contributed by atoms with Crippen LogP contribution in [-0.2, 0) is 17.6 Å². The first-order chi connectivity index (χ1) is 15.3. The van der Waals surface area contributed by atoms with Gasteiger partial charge in [-0.05, 0) is 48.4 Å². The fraction of sp³-hybridized carbons (Fsp3) is 0.182. The van der Waals surface area contributed by atoms with Crippen molar-refractivity contribution < 1.29 is 14.7 Å². The molecule has 1 amide bonds. The summed E-state index contributed by atoms with van der Waals surface area (Å²) in [6.45, 7) is 0. The zero-order valence-corrected chi connectivity index (χ0v) is 20.3. The van der Waals surface area contributed by atoms with Crippen molar-refractivity contribution in [3.05, 3.63) is 75.0 Å². The lowest BCUT2D eigenvalue weighted by Gasteiger charge is -2.12. The maximum Gasteiger partial charge on any atom is 0.308 e. The normalized spacial score (nSPS) is 10.8. The quantitative estimate of drug-likeness (QED) is 0.298. The number of hydrogen-bond acceptors (Lipinski definition) is 6. The van der Waals surface area contributed by atoms with E-state index in [0.717, 1.165) is 5.56 Å². The van der Waals surface area contributed by atoms with Crippen molar-refractivity contribution in [3.63, 3.8) is 0 Å². The van der Waals surface area contributed by atoms with E-state index < -0.39 is 5.97 Å². The van der Waals surface area contributed by atoms with Crippen LogP contribution in [0.1, 0.15) is 27.3 Å². The number of carboxylic acids is 1. The first-order valence-electron chi connectivity index (χ1n) is 9.35. The van der Waals surface area contributed by atoms with E-state index in [1.54, 1.807) is 24.3 Å².